The van der Waals surface area contributed by atoms with Crippen molar-refractivity contribution in [2.24, 2.45) is 5.92 Å². The van der Waals surface area contributed by atoms with Crippen molar-refractivity contribution < 1.29 is 4.79 Å². The summed E-state index contributed by atoms with van der Waals surface area (Å²) in [4.78, 5) is 15.2. The van der Waals surface area contributed by atoms with Gasteiger partial charge in [-0.15, -0.1) is 0 Å². The molecule has 108 valence electrons. The summed E-state index contributed by atoms with van der Waals surface area (Å²) in [5.41, 5.74) is 2.55. The van der Waals surface area contributed by atoms with Gasteiger partial charge in [0, 0.05) is 29.6 Å². The highest BCUT2D eigenvalue weighted by molar-refractivity contribution is 5.88. The molecule has 0 bridgehead atoms. The van der Waals surface area contributed by atoms with Crippen molar-refractivity contribution in [1.29, 1.82) is 0 Å². The van der Waals surface area contributed by atoms with E-state index in [4.69, 9.17) is 0 Å². The molecule has 0 amide bonds. The van der Waals surface area contributed by atoms with Crippen molar-refractivity contribution in [3.63, 3.8) is 0 Å². The summed E-state index contributed by atoms with van der Waals surface area (Å²) in [5.74, 6) is 0.685. The molecule has 1 fully saturated rings. The zero-order chi connectivity index (χ0) is 14.3. The molecular formula is C18H25NO. The standard InChI is InChI=1S/C18H25NO/c1-18(2,3)19-15-10-6-4-8-13(15)12-17(20)14-9-5-7-11-16(14)19/h4,6,8,10,14,16H,5,7,9,11-12H2,1-3H3. The lowest BCUT2D eigenvalue weighted by Gasteiger charge is -2.47. The molecule has 0 radical (unpaired) electrons. The molecule has 1 aliphatic carbocycles. The van der Waals surface area contributed by atoms with Gasteiger partial charge >= 0.3 is 0 Å². The van der Waals surface area contributed by atoms with Gasteiger partial charge in [-0.1, -0.05) is 31.0 Å². The molecule has 0 saturated heterocycles. The Bertz CT molecular complexity index is 514. The topological polar surface area (TPSA) is 20.3 Å². The molecule has 1 heterocycles. The Labute approximate surface area is 122 Å². The van der Waals surface area contributed by atoms with E-state index in [2.05, 4.69) is 49.9 Å². The van der Waals surface area contributed by atoms with Crippen LogP contribution in [0.2, 0.25) is 0 Å². The van der Waals surface area contributed by atoms with Gasteiger partial charge in [0.05, 0.1) is 0 Å². The van der Waals surface area contributed by atoms with E-state index in [0.29, 0.717) is 18.2 Å². The van der Waals surface area contributed by atoms with Crippen molar-refractivity contribution in [2.75, 3.05) is 4.90 Å². The van der Waals surface area contributed by atoms with Crippen LogP contribution in [0.4, 0.5) is 5.69 Å². The number of nitrogens with zero attached hydrogens (tertiary/aromatic N) is 1. The maximum atomic E-state index is 12.7. The predicted molar refractivity (Wildman–Crippen MR) is 83.1 cm³/mol. The molecule has 20 heavy (non-hydrogen) atoms. The van der Waals surface area contributed by atoms with Crippen molar-refractivity contribution in [3.05, 3.63) is 29.8 Å². The molecule has 1 saturated carbocycles. The van der Waals surface area contributed by atoms with Gasteiger partial charge < -0.3 is 4.90 Å². The van der Waals surface area contributed by atoms with E-state index >= 15 is 0 Å². The van der Waals surface area contributed by atoms with Gasteiger partial charge in [0.25, 0.3) is 0 Å². The Morgan fingerprint density at radius 1 is 1.10 bits per heavy atom. The molecule has 2 unspecified atom stereocenters. The summed E-state index contributed by atoms with van der Waals surface area (Å²) in [7, 11) is 0. The molecule has 1 aromatic rings. The molecule has 0 spiro atoms. The van der Waals surface area contributed by atoms with Gasteiger partial charge in [0.1, 0.15) is 5.78 Å². The number of hydrogen-bond donors (Lipinski definition) is 0. The van der Waals surface area contributed by atoms with Crippen LogP contribution in [0, 0.1) is 5.92 Å². The second-order valence-corrected chi connectivity index (χ2v) is 7.27. The summed E-state index contributed by atoms with van der Waals surface area (Å²) < 4.78 is 0. The van der Waals surface area contributed by atoms with Crippen LogP contribution in [0.1, 0.15) is 52.0 Å². The van der Waals surface area contributed by atoms with Crippen molar-refractivity contribution in [1.82, 2.24) is 0 Å². The summed E-state index contributed by atoms with van der Waals surface area (Å²) in [6.07, 6.45) is 5.31. The van der Waals surface area contributed by atoms with Gasteiger partial charge in [0.15, 0.2) is 0 Å². The number of carbonyl (C=O) groups is 1. The Hall–Kier alpha value is -1.31. The van der Waals surface area contributed by atoms with E-state index in [9.17, 15) is 4.79 Å². The number of carbonyl (C=O) groups excluding carboxylic acids is 1. The minimum Gasteiger partial charge on any atom is -0.363 e. The largest absolute Gasteiger partial charge is 0.363 e. The van der Waals surface area contributed by atoms with Gasteiger partial charge in [-0.2, -0.15) is 0 Å². The first-order chi connectivity index (χ1) is 9.48. The first-order valence-electron chi connectivity index (χ1n) is 7.88. The molecule has 0 aromatic heterocycles. The number of ketones is 1. The zero-order valence-electron chi connectivity index (χ0n) is 12.9. The summed E-state index contributed by atoms with van der Waals surface area (Å²) in [5, 5.41) is 0. The van der Waals surface area contributed by atoms with E-state index in [-0.39, 0.29) is 11.5 Å². The summed E-state index contributed by atoms with van der Waals surface area (Å²) in [6, 6.07) is 8.88. The fourth-order valence-corrected chi connectivity index (χ4v) is 4.05. The van der Waals surface area contributed by atoms with Crippen LogP contribution in [0.15, 0.2) is 24.3 Å². The van der Waals surface area contributed by atoms with Crippen LogP contribution in [0.5, 0.6) is 0 Å². The Kier molecular flexibility index (Phi) is 3.35. The van der Waals surface area contributed by atoms with Crippen molar-refractivity contribution >= 4 is 11.5 Å². The zero-order valence-corrected chi connectivity index (χ0v) is 12.9. The third-order valence-corrected chi connectivity index (χ3v) is 4.81. The third kappa shape index (κ3) is 2.25. The number of benzene rings is 1. The molecule has 3 rings (SSSR count). The Morgan fingerprint density at radius 3 is 2.55 bits per heavy atom. The van der Waals surface area contributed by atoms with Gasteiger partial charge in [0.2, 0.25) is 0 Å². The van der Waals surface area contributed by atoms with E-state index in [1.54, 1.807) is 0 Å². The van der Waals surface area contributed by atoms with Crippen LogP contribution in [-0.2, 0) is 11.2 Å². The van der Waals surface area contributed by atoms with Crippen LogP contribution < -0.4 is 4.90 Å². The highest BCUT2D eigenvalue weighted by Gasteiger charge is 2.41. The van der Waals surface area contributed by atoms with Crippen molar-refractivity contribution in [3.8, 4) is 0 Å². The number of para-hydroxylation sites is 1. The first kappa shape index (κ1) is 13.7. The fraction of sp³-hybridized carbons (Fsp3) is 0.611. The number of anilines is 1. The van der Waals surface area contributed by atoms with Crippen LogP contribution in [-0.4, -0.2) is 17.4 Å². The second-order valence-electron chi connectivity index (χ2n) is 7.27. The number of hydrogen-bond acceptors (Lipinski definition) is 2. The fourth-order valence-electron chi connectivity index (χ4n) is 4.05. The number of fused-ring (bicyclic) bond motifs is 2. The minimum absolute atomic E-state index is 0.0565. The van der Waals surface area contributed by atoms with Gasteiger partial charge in [-0.3, -0.25) is 4.79 Å². The SMILES string of the molecule is CC(C)(C)N1c2ccccc2CC(=O)C2CCCCC21. The normalized spacial score (nSPS) is 26.8. The minimum atomic E-state index is 0.0565. The smallest absolute Gasteiger partial charge is 0.142 e. The van der Waals surface area contributed by atoms with Crippen LogP contribution in [0.25, 0.3) is 0 Å². The van der Waals surface area contributed by atoms with E-state index in [0.717, 1.165) is 12.8 Å². The second kappa shape index (κ2) is 4.91. The molecule has 2 aliphatic rings. The number of Topliss-reactive ketones (excluding diaryl/α,β-unsaturated/α-hetero) is 1. The lowest BCUT2D eigenvalue weighted by Crippen LogP contribution is -2.53. The third-order valence-electron chi connectivity index (χ3n) is 4.81. The van der Waals surface area contributed by atoms with E-state index < -0.39 is 0 Å². The first-order valence-corrected chi connectivity index (χ1v) is 7.88. The molecule has 1 aliphatic heterocycles. The molecule has 2 heteroatoms. The molecule has 1 aromatic carbocycles. The summed E-state index contributed by atoms with van der Waals surface area (Å²) >= 11 is 0. The molecular weight excluding hydrogens is 246 g/mol. The average molecular weight is 271 g/mol. The van der Waals surface area contributed by atoms with E-state index in [1.807, 2.05) is 0 Å². The number of rotatable bonds is 0. The maximum Gasteiger partial charge on any atom is 0.142 e. The lowest BCUT2D eigenvalue weighted by atomic mass is 9.79. The quantitative estimate of drug-likeness (QED) is 0.711. The Morgan fingerprint density at radius 2 is 1.80 bits per heavy atom. The highest BCUT2D eigenvalue weighted by atomic mass is 16.1. The van der Waals surface area contributed by atoms with Crippen molar-refractivity contribution in [2.45, 2.75) is 64.5 Å². The predicted octanol–water partition coefficient (Wildman–Crippen LogP) is 3.98. The maximum absolute atomic E-state index is 12.7. The molecule has 2 nitrogen and oxygen atoms in total. The van der Waals surface area contributed by atoms with Gasteiger partial charge in [-0.25, -0.2) is 0 Å². The van der Waals surface area contributed by atoms with E-state index in [1.165, 1.54) is 24.1 Å². The monoisotopic (exact) mass is 271 g/mol. The Balaban J connectivity index is 2.13. The molecule has 0 N–H and O–H groups in total. The average Bonchev–Trinajstić information content (AvgIpc) is 2.52. The lowest BCUT2D eigenvalue weighted by molar-refractivity contribution is -0.123. The summed E-state index contributed by atoms with van der Waals surface area (Å²) in [6.45, 7) is 6.81. The van der Waals surface area contributed by atoms with Crippen LogP contribution >= 0.6 is 0 Å². The highest BCUT2D eigenvalue weighted by Crippen LogP contribution is 2.41. The van der Waals surface area contributed by atoms with Crippen LogP contribution in [0.3, 0.4) is 0 Å². The van der Waals surface area contributed by atoms with Gasteiger partial charge in [-0.05, 0) is 45.2 Å². The molecule has 2 atom stereocenters.